The van der Waals surface area contributed by atoms with Crippen LogP contribution < -0.4 is 5.56 Å². The van der Waals surface area contributed by atoms with Gasteiger partial charge in [-0.3, -0.25) is 4.79 Å². The van der Waals surface area contributed by atoms with E-state index in [1.807, 2.05) is 24.3 Å². The van der Waals surface area contributed by atoms with E-state index in [9.17, 15) is 9.90 Å². The third-order valence-electron chi connectivity index (χ3n) is 3.64. The first kappa shape index (κ1) is 14.6. The number of benzene rings is 2. The van der Waals surface area contributed by atoms with Gasteiger partial charge in [0.1, 0.15) is 11.3 Å². The first-order chi connectivity index (χ1) is 11.6. The maximum atomic E-state index is 12.3. The Labute approximate surface area is 143 Å². The van der Waals surface area contributed by atoms with Gasteiger partial charge in [-0.2, -0.15) is 4.98 Å². The Balaban J connectivity index is 1.87. The molecule has 2 aromatic carbocycles. The van der Waals surface area contributed by atoms with E-state index in [0.717, 1.165) is 10.0 Å². The lowest BCUT2D eigenvalue weighted by atomic mass is 10.1. The molecule has 0 aliphatic carbocycles. The van der Waals surface area contributed by atoms with Crippen LogP contribution in [0, 0.1) is 0 Å². The normalized spacial score (nSPS) is 11.0. The van der Waals surface area contributed by atoms with Crippen LogP contribution in [0.1, 0.15) is 0 Å². The van der Waals surface area contributed by atoms with Crippen molar-refractivity contribution in [2.24, 2.45) is 0 Å². The molecule has 0 aliphatic heterocycles. The first-order valence-electron chi connectivity index (χ1n) is 7.07. The lowest BCUT2D eigenvalue weighted by Crippen LogP contribution is -2.09. The number of hydrogen-bond acceptors (Lipinski definition) is 5. The summed E-state index contributed by atoms with van der Waals surface area (Å²) in [4.78, 5) is 19.2. The zero-order chi connectivity index (χ0) is 16.7. The van der Waals surface area contributed by atoms with Crippen molar-refractivity contribution in [3.8, 4) is 28.6 Å². The highest BCUT2D eigenvalue weighted by molar-refractivity contribution is 9.10. The Bertz CT molecular complexity index is 1100. The van der Waals surface area contributed by atoms with Crippen LogP contribution >= 0.6 is 15.9 Å². The molecule has 7 heteroatoms. The molecule has 0 saturated heterocycles. The quantitative estimate of drug-likeness (QED) is 0.550. The second kappa shape index (κ2) is 5.61. The summed E-state index contributed by atoms with van der Waals surface area (Å²) in [6.45, 7) is 0. The number of fused-ring (bicyclic) bond motifs is 1. The second-order valence-electron chi connectivity index (χ2n) is 5.15. The summed E-state index contributed by atoms with van der Waals surface area (Å²) < 4.78 is 6.12. The van der Waals surface area contributed by atoms with E-state index in [1.165, 1.54) is 0 Å². The zero-order valence-electron chi connectivity index (χ0n) is 12.2. The number of aromatic hydroxyl groups is 1. The Morgan fingerprint density at radius 2 is 1.83 bits per heavy atom. The number of aromatic nitrogens is 3. The highest BCUT2D eigenvalue weighted by Crippen LogP contribution is 2.31. The molecule has 0 fully saturated rings. The van der Waals surface area contributed by atoms with Gasteiger partial charge in [-0.1, -0.05) is 33.2 Å². The lowest BCUT2D eigenvalue weighted by molar-refractivity contribution is 0.426. The predicted octanol–water partition coefficient (Wildman–Crippen LogP) is 3.71. The molecule has 0 amide bonds. The van der Waals surface area contributed by atoms with Crippen molar-refractivity contribution >= 4 is 26.8 Å². The Kier molecular flexibility index (Phi) is 3.42. The van der Waals surface area contributed by atoms with Crippen molar-refractivity contribution in [2.75, 3.05) is 0 Å². The van der Waals surface area contributed by atoms with Crippen LogP contribution in [0.5, 0.6) is 5.75 Å². The smallest absolute Gasteiger partial charge is 0.267 e. The number of nitrogens with one attached hydrogen (secondary N) is 1. The molecule has 118 valence electrons. The van der Waals surface area contributed by atoms with Crippen LogP contribution in [0.25, 0.3) is 33.7 Å². The maximum absolute atomic E-state index is 12.3. The fourth-order valence-electron chi connectivity index (χ4n) is 2.47. The average molecular weight is 384 g/mol. The second-order valence-corrected chi connectivity index (χ2v) is 6.07. The van der Waals surface area contributed by atoms with E-state index in [0.29, 0.717) is 16.7 Å². The molecule has 0 saturated carbocycles. The van der Waals surface area contributed by atoms with Crippen LogP contribution in [-0.4, -0.2) is 20.2 Å². The molecule has 4 aromatic rings. The van der Waals surface area contributed by atoms with E-state index in [1.54, 1.807) is 24.3 Å². The number of hydrogen-bond donors (Lipinski definition) is 2. The summed E-state index contributed by atoms with van der Waals surface area (Å²) >= 11 is 3.36. The van der Waals surface area contributed by atoms with Gasteiger partial charge in [0.05, 0.1) is 5.52 Å². The highest BCUT2D eigenvalue weighted by atomic mass is 79.9. The third kappa shape index (κ3) is 2.39. The van der Waals surface area contributed by atoms with E-state index < -0.39 is 5.56 Å². The maximum Gasteiger partial charge on any atom is 0.267 e. The number of rotatable bonds is 2. The van der Waals surface area contributed by atoms with Gasteiger partial charge < -0.3 is 14.6 Å². The summed E-state index contributed by atoms with van der Waals surface area (Å²) in [6, 6.07) is 14.3. The summed E-state index contributed by atoms with van der Waals surface area (Å²) in [7, 11) is 0. The van der Waals surface area contributed by atoms with Crippen LogP contribution in [-0.2, 0) is 0 Å². The molecule has 0 bridgehead atoms. The molecule has 0 unspecified atom stereocenters. The van der Waals surface area contributed by atoms with Crippen molar-refractivity contribution in [1.29, 1.82) is 0 Å². The van der Waals surface area contributed by atoms with E-state index >= 15 is 0 Å². The standard InChI is InChI=1S/C17H10BrN3O3/c18-10-7-5-9(6-8-10)15-20-17(24-21-15)13-14(22)11-3-1-2-4-12(11)19-16(13)23/h1-8H,(H2,19,22,23). The molecule has 0 spiro atoms. The summed E-state index contributed by atoms with van der Waals surface area (Å²) in [5, 5.41) is 14.8. The van der Waals surface area contributed by atoms with Gasteiger partial charge >= 0.3 is 0 Å². The summed E-state index contributed by atoms with van der Waals surface area (Å²) in [5.74, 6) is 0.127. The van der Waals surface area contributed by atoms with Crippen molar-refractivity contribution < 1.29 is 9.63 Å². The van der Waals surface area contributed by atoms with Gasteiger partial charge in [0.15, 0.2) is 0 Å². The average Bonchev–Trinajstić information content (AvgIpc) is 3.05. The van der Waals surface area contributed by atoms with Crippen LogP contribution in [0.4, 0.5) is 0 Å². The van der Waals surface area contributed by atoms with Gasteiger partial charge in [0.25, 0.3) is 11.4 Å². The minimum Gasteiger partial charge on any atom is -0.506 e. The van der Waals surface area contributed by atoms with Crippen LogP contribution in [0.15, 0.2) is 62.3 Å². The molecule has 2 heterocycles. The monoisotopic (exact) mass is 383 g/mol. The molecular formula is C17H10BrN3O3. The minimum absolute atomic E-state index is 0.0302. The van der Waals surface area contributed by atoms with Gasteiger partial charge in [-0.25, -0.2) is 0 Å². The van der Waals surface area contributed by atoms with E-state index in [4.69, 9.17) is 4.52 Å². The number of pyridine rings is 1. The van der Waals surface area contributed by atoms with Crippen molar-refractivity contribution in [3.63, 3.8) is 0 Å². The van der Waals surface area contributed by atoms with Gasteiger partial charge in [-0.15, -0.1) is 0 Å². The van der Waals surface area contributed by atoms with Crippen molar-refractivity contribution in [2.45, 2.75) is 0 Å². The van der Waals surface area contributed by atoms with Gasteiger partial charge in [0.2, 0.25) is 5.82 Å². The SMILES string of the molecule is O=c1[nH]c2ccccc2c(O)c1-c1nc(-c2ccc(Br)cc2)no1. The molecule has 0 aliphatic rings. The largest absolute Gasteiger partial charge is 0.506 e. The van der Waals surface area contributed by atoms with Crippen LogP contribution in [0.2, 0.25) is 0 Å². The molecule has 2 aromatic heterocycles. The Morgan fingerprint density at radius 3 is 2.62 bits per heavy atom. The number of aromatic amines is 1. The molecule has 4 rings (SSSR count). The van der Waals surface area contributed by atoms with E-state index in [2.05, 4.69) is 31.1 Å². The molecule has 0 atom stereocenters. The fraction of sp³-hybridized carbons (Fsp3) is 0. The summed E-state index contributed by atoms with van der Waals surface area (Å²) in [5.41, 5.74) is 0.753. The van der Waals surface area contributed by atoms with Crippen LogP contribution in [0.3, 0.4) is 0 Å². The number of para-hydroxylation sites is 1. The Morgan fingerprint density at radius 1 is 1.08 bits per heavy atom. The topological polar surface area (TPSA) is 92.0 Å². The number of H-pyrrole nitrogens is 1. The molecule has 6 nitrogen and oxygen atoms in total. The predicted molar refractivity (Wildman–Crippen MR) is 92.7 cm³/mol. The van der Waals surface area contributed by atoms with Gasteiger partial charge in [-0.05, 0) is 36.4 Å². The molecule has 2 N–H and O–H groups in total. The minimum atomic E-state index is -0.489. The Hall–Kier alpha value is -2.93. The number of halogens is 1. The number of nitrogens with zero attached hydrogens (tertiary/aromatic N) is 2. The third-order valence-corrected chi connectivity index (χ3v) is 4.17. The summed E-state index contributed by atoms with van der Waals surface area (Å²) in [6.07, 6.45) is 0. The van der Waals surface area contributed by atoms with Crippen molar-refractivity contribution in [3.05, 3.63) is 63.4 Å². The fourth-order valence-corrected chi connectivity index (χ4v) is 2.73. The zero-order valence-corrected chi connectivity index (χ0v) is 13.7. The lowest BCUT2D eigenvalue weighted by Gasteiger charge is -2.03. The van der Waals surface area contributed by atoms with Crippen molar-refractivity contribution in [1.82, 2.24) is 15.1 Å². The highest BCUT2D eigenvalue weighted by Gasteiger charge is 2.20. The molecule has 24 heavy (non-hydrogen) atoms. The first-order valence-corrected chi connectivity index (χ1v) is 7.87. The molecular weight excluding hydrogens is 374 g/mol. The molecule has 0 radical (unpaired) electrons. The van der Waals surface area contributed by atoms with E-state index in [-0.39, 0.29) is 17.2 Å². The van der Waals surface area contributed by atoms with Gasteiger partial charge in [0, 0.05) is 15.4 Å².